The summed E-state index contributed by atoms with van der Waals surface area (Å²) in [6.45, 7) is 4.20. The van der Waals surface area contributed by atoms with Crippen molar-refractivity contribution in [3.8, 4) is 23.0 Å². The number of benzene rings is 6. The monoisotopic (exact) mass is 975 g/mol. The number of fused-ring (bicyclic) bond motifs is 3. The third kappa shape index (κ3) is 10.9. The Morgan fingerprint density at radius 1 is 0.833 bits per heavy atom. The van der Waals surface area contributed by atoms with E-state index in [4.69, 9.17) is 28.9 Å². The minimum Gasteiger partial charge on any atom is -0.459 e. The second-order valence-electron chi connectivity index (χ2n) is 18.5. The summed E-state index contributed by atoms with van der Waals surface area (Å²) in [5.41, 5.74) is 3.56. The first kappa shape index (κ1) is 49.6. The maximum Gasteiger partial charge on any atom is 0.416 e. The molecule has 1 amide bonds. The van der Waals surface area contributed by atoms with Crippen molar-refractivity contribution in [1.82, 2.24) is 4.90 Å². The molecule has 0 bridgehead atoms. The molecule has 0 aromatic heterocycles. The molecule has 1 saturated carbocycles. The number of non-ortho nitro benzene ring substituents is 1. The Kier molecular flexibility index (Phi) is 15.7. The van der Waals surface area contributed by atoms with E-state index in [1.807, 2.05) is 84.9 Å². The van der Waals surface area contributed by atoms with E-state index in [1.165, 1.54) is 41.3 Å². The zero-order valence-corrected chi connectivity index (χ0v) is 39.9. The third-order valence-electron chi connectivity index (χ3n) is 14.0. The van der Waals surface area contributed by atoms with Crippen LogP contribution in [0.5, 0.6) is 23.0 Å². The number of allylic oxidation sites excluding steroid dienone is 1. The molecule has 0 saturated heterocycles. The van der Waals surface area contributed by atoms with Gasteiger partial charge in [-0.2, -0.15) is 0 Å². The van der Waals surface area contributed by atoms with E-state index in [9.17, 15) is 24.7 Å². The van der Waals surface area contributed by atoms with Crippen molar-refractivity contribution >= 4 is 28.3 Å². The number of nitrogens with zero attached hydrogens (tertiary/aromatic N) is 3. The van der Waals surface area contributed by atoms with Gasteiger partial charge in [0.15, 0.2) is 0 Å². The standard InChI is InChI=1S/C58H58FN3O10/c1-2-32-68-58-54(61(37-39-18-21-44(59)22-19-39)57(65)71-46-26-23-45(24-27-46)62(66)67)36-52(60-69-38-40-12-4-3-5-13-40)50-34-43(16-8-10-30-63)49(17-9-11-31-64)55(56(50)58)51-35-48(28-29-53(51)72-58)70-47-25-20-41-14-6-7-15-42(41)33-47/h2-7,12-15,18-29,33-35,43,49,54-56,63-64H,1,8-11,16-17,30-32,36-38H2/t43-,49+,54-,55+,56+,58+/m0/s1. The van der Waals surface area contributed by atoms with Crippen molar-refractivity contribution in [3.05, 3.63) is 196 Å². The van der Waals surface area contributed by atoms with Gasteiger partial charge in [0.1, 0.15) is 41.5 Å². The zero-order chi connectivity index (χ0) is 50.0. The molecule has 2 aliphatic carbocycles. The summed E-state index contributed by atoms with van der Waals surface area (Å²) in [6, 6.07) is 39.5. The number of hydrogen-bond acceptors (Lipinski definition) is 11. The van der Waals surface area contributed by atoms with Gasteiger partial charge in [0.25, 0.3) is 5.69 Å². The number of amides is 1. The molecule has 72 heavy (non-hydrogen) atoms. The van der Waals surface area contributed by atoms with Crippen LogP contribution in [0.25, 0.3) is 10.8 Å². The molecule has 2 N–H and O–H groups in total. The molecule has 6 aromatic carbocycles. The van der Waals surface area contributed by atoms with Gasteiger partial charge >= 0.3 is 6.09 Å². The summed E-state index contributed by atoms with van der Waals surface area (Å²) in [5, 5.41) is 38.8. The Labute approximate surface area is 417 Å². The number of carbonyl (C=O) groups excluding carboxylic acids is 1. The fourth-order valence-electron chi connectivity index (χ4n) is 10.7. The lowest BCUT2D eigenvalue weighted by Crippen LogP contribution is -2.70. The minimum atomic E-state index is -1.66. The van der Waals surface area contributed by atoms with Crippen molar-refractivity contribution in [2.75, 3.05) is 19.8 Å². The number of oxime groups is 1. The van der Waals surface area contributed by atoms with Crippen LogP contribution < -0.4 is 14.2 Å². The first-order valence-electron chi connectivity index (χ1n) is 24.6. The number of halogens is 1. The third-order valence-corrected chi connectivity index (χ3v) is 14.0. The van der Waals surface area contributed by atoms with Gasteiger partial charge < -0.3 is 34.0 Å². The molecule has 1 fully saturated rings. The first-order valence-corrected chi connectivity index (χ1v) is 24.6. The fourth-order valence-corrected chi connectivity index (χ4v) is 10.7. The molecule has 0 unspecified atom stereocenters. The molecule has 0 spiro atoms. The van der Waals surface area contributed by atoms with Crippen molar-refractivity contribution < 1.29 is 48.1 Å². The van der Waals surface area contributed by atoms with Gasteiger partial charge in [-0.3, -0.25) is 15.0 Å². The van der Waals surface area contributed by atoms with E-state index in [0.717, 1.165) is 46.7 Å². The van der Waals surface area contributed by atoms with E-state index < -0.39 is 34.6 Å². The molecule has 1 heterocycles. The normalized spacial score (nSPS) is 21.4. The molecule has 0 radical (unpaired) electrons. The predicted octanol–water partition coefficient (Wildman–Crippen LogP) is 12.2. The molecule has 13 nitrogen and oxygen atoms in total. The second-order valence-corrected chi connectivity index (χ2v) is 18.5. The smallest absolute Gasteiger partial charge is 0.416 e. The maximum atomic E-state index is 15.1. The Bertz CT molecular complexity index is 2910. The van der Waals surface area contributed by atoms with E-state index in [1.54, 1.807) is 18.2 Å². The van der Waals surface area contributed by atoms with E-state index >= 15 is 4.79 Å². The average Bonchev–Trinajstić information content (AvgIpc) is 3.39. The van der Waals surface area contributed by atoms with E-state index in [-0.39, 0.29) is 68.6 Å². The number of ether oxygens (including phenoxy) is 4. The largest absolute Gasteiger partial charge is 0.459 e. The lowest BCUT2D eigenvalue weighted by atomic mass is 9.55. The van der Waals surface area contributed by atoms with Gasteiger partial charge in [-0.25, -0.2) is 9.18 Å². The number of hydrogen-bond donors (Lipinski definition) is 2. The molecular formula is C58H58FN3O10. The highest BCUT2D eigenvalue weighted by Gasteiger charge is 2.66. The van der Waals surface area contributed by atoms with Crippen molar-refractivity contribution in [2.45, 2.75) is 75.8 Å². The highest BCUT2D eigenvalue weighted by Crippen LogP contribution is 2.62. The number of nitro benzene ring substituents is 1. The number of carbonyl (C=O) groups is 1. The molecule has 9 rings (SSSR count). The van der Waals surface area contributed by atoms with E-state index in [0.29, 0.717) is 47.8 Å². The van der Waals surface area contributed by atoms with Gasteiger partial charge in [-0.1, -0.05) is 103 Å². The predicted molar refractivity (Wildman–Crippen MR) is 271 cm³/mol. The number of nitro groups is 1. The van der Waals surface area contributed by atoms with Gasteiger partial charge in [-0.05, 0) is 120 Å². The van der Waals surface area contributed by atoms with E-state index in [2.05, 4.69) is 18.7 Å². The summed E-state index contributed by atoms with van der Waals surface area (Å²) in [4.78, 5) is 34.0. The Balaban J connectivity index is 1.24. The van der Waals surface area contributed by atoms with Crippen LogP contribution in [0.3, 0.4) is 0 Å². The fraction of sp³-hybridized carbons (Fsp3) is 0.310. The quantitative estimate of drug-likeness (QED) is 0.0307. The number of aliphatic hydroxyl groups excluding tert-OH is 2. The van der Waals surface area contributed by atoms with Gasteiger partial charge in [0.2, 0.25) is 5.79 Å². The first-order chi connectivity index (χ1) is 35.2. The zero-order valence-electron chi connectivity index (χ0n) is 39.9. The molecule has 1 aliphatic heterocycles. The topological polar surface area (TPSA) is 162 Å². The van der Waals surface area contributed by atoms with Crippen LogP contribution in [0, 0.1) is 33.7 Å². The lowest BCUT2D eigenvalue weighted by molar-refractivity contribution is -0.384. The lowest BCUT2D eigenvalue weighted by Gasteiger charge is -2.59. The highest BCUT2D eigenvalue weighted by molar-refractivity contribution is 6.03. The average molecular weight is 976 g/mol. The van der Waals surface area contributed by atoms with Crippen LogP contribution in [0.4, 0.5) is 14.9 Å². The summed E-state index contributed by atoms with van der Waals surface area (Å²) in [6.07, 6.45) is 7.27. The molecule has 372 valence electrons. The Morgan fingerprint density at radius 3 is 2.26 bits per heavy atom. The van der Waals surface area contributed by atoms with Crippen LogP contribution in [-0.2, 0) is 22.7 Å². The molecular weight excluding hydrogens is 918 g/mol. The second kappa shape index (κ2) is 22.8. The summed E-state index contributed by atoms with van der Waals surface area (Å²) in [5.74, 6) is -1.41. The molecule has 6 aromatic rings. The van der Waals surface area contributed by atoms with Crippen LogP contribution in [-0.4, -0.2) is 63.5 Å². The van der Waals surface area contributed by atoms with Crippen LogP contribution in [0.15, 0.2) is 169 Å². The van der Waals surface area contributed by atoms with Crippen LogP contribution >= 0.6 is 0 Å². The van der Waals surface area contributed by atoms with Crippen LogP contribution in [0.1, 0.15) is 67.6 Å². The number of rotatable bonds is 21. The molecule has 6 atom stereocenters. The van der Waals surface area contributed by atoms with Gasteiger partial charge in [-0.15, -0.1) is 6.58 Å². The van der Waals surface area contributed by atoms with Gasteiger partial charge in [0, 0.05) is 49.8 Å². The summed E-state index contributed by atoms with van der Waals surface area (Å²) < 4.78 is 41.8. The number of unbranched alkanes of at least 4 members (excludes halogenated alkanes) is 2. The van der Waals surface area contributed by atoms with Crippen molar-refractivity contribution in [3.63, 3.8) is 0 Å². The van der Waals surface area contributed by atoms with Crippen LogP contribution in [0.2, 0.25) is 0 Å². The summed E-state index contributed by atoms with van der Waals surface area (Å²) in [7, 11) is 0. The Hall–Kier alpha value is -7.39. The summed E-state index contributed by atoms with van der Waals surface area (Å²) >= 11 is 0. The van der Waals surface area contributed by atoms with Crippen molar-refractivity contribution in [1.29, 1.82) is 0 Å². The maximum absolute atomic E-state index is 15.1. The number of aliphatic hydroxyl groups is 2. The Morgan fingerprint density at radius 2 is 1.53 bits per heavy atom. The van der Waals surface area contributed by atoms with Crippen molar-refractivity contribution in [2.24, 2.45) is 22.9 Å². The minimum absolute atomic E-state index is 0.0133. The highest BCUT2D eigenvalue weighted by atomic mass is 19.1. The SMILES string of the molecule is C=CCO[C@@]12Oc3ccc(Oc4ccc5ccccc5c4)cc3[C@H]3[C@H](CCCCO)[C@@H](CCCCO)C=C(C(=NOCc4ccccc4)C[C@@H]1N(Cc1ccc(F)cc1)C(=O)Oc1ccc([N+](=O)[O-])cc1)[C@H]32. The molecule has 14 heteroatoms. The molecule has 3 aliphatic rings. The van der Waals surface area contributed by atoms with Gasteiger partial charge in [0.05, 0.1) is 23.2 Å².